The predicted molar refractivity (Wildman–Crippen MR) is 71.8 cm³/mol. The molecule has 2 aromatic rings. The van der Waals surface area contributed by atoms with Crippen molar-refractivity contribution in [3.05, 3.63) is 40.4 Å². The van der Waals surface area contributed by atoms with E-state index in [4.69, 9.17) is 0 Å². The first-order chi connectivity index (χ1) is 8.20. The van der Waals surface area contributed by atoms with Gasteiger partial charge in [-0.1, -0.05) is 22.9 Å². The Labute approximate surface area is 109 Å². The normalized spacial score (nSPS) is 10.5. The lowest BCUT2D eigenvalue weighted by Crippen LogP contribution is -2.08. The maximum absolute atomic E-state index is 4.18. The molecule has 0 aliphatic carbocycles. The Morgan fingerprint density at radius 2 is 2.24 bits per heavy atom. The molecule has 90 valence electrons. The van der Waals surface area contributed by atoms with Gasteiger partial charge in [0.15, 0.2) is 0 Å². The van der Waals surface area contributed by atoms with Crippen LogP contribution < -0.4 is 5.32 Å². The van der Waals surface area contributed by atoms with Crippen molar-refractivity contribution < 1.29 is 0 Å². The molecule has 0 radical (unpaired) electrons. The van der Waals surface area contributed by atoms with Crippen LogP contribution in [0, 0.1) is 0 Å². The molecule has 0 atom stereocenters. The SMILES string of the molecule is CCc1cc(Br)ccc1NCc1ncnn1C. The van der Waals surface area contributed by atoms with Crippen molar-refractivity contribution in [3.63, 3.8) is 0 Å². The lowest BCUT2D eigenvalue weighted by Gasteiger charge is -2.10. The summed E-state index contributed by atoms with van der Waals surface area (Å²) in [6.45, 7) is 2.83. The molecule has 4 nitrogen and oxygen atoms in total. The summed E-state index contributed by atoms with van der Waals surface area (Å²) in [4.78, 5) is 4.18. The lowest BCUT2D eigenvalue weighted by atomic mass is 10.1. The third kappa shape index (κ3) is 2.85. The van der Waals surface area contributed by atoms with Crippen LogP contribution in [0.2, 0.25) is 0 Å². The van der Waals surface area contributed by atoms with Crippen LogP contribution in [0.25, 0.3) is 0 Å². The molecule has 0 amide bonds. The Bertz CT molecular complexity index is 507. The molecule has 1 N–H and O–H groups in total. The molecule has 1 aromatic heterocycles. The summed E-state index contributed by atoms with van der Waals surface area (Å²) in [5, 5.41) is 7.43. The Morgan fingerprint density at radius 3 is 2.88 bits per heavy atom. The van der Waals surface area contributed by atoms with E-state index in [1.54, 1.807) is 11.0 Å². The minimum absolute atomic E-state index is 0.686. The first-order valence-electron chi connectivity index (χ1n) is 5.56. The van der Waals surface area contributed by atoms with Crippen LogP contribution >= 0.6 is 15.9 Å². The highest BCUT2D eigenvalue weighted by molar-refractivity contribution is 9.10. The van der Waals surface area contributed by atoms with Crippen LogP contribution in [0.15, 0.2) is 29.0 Å². The molecule has 1 aromatic carbocycles. The Morgan fingerprint density at radius 1 is 1.41 bits per heavy atom. The van der Waals surface area contributed by atoms with E-state index in [1.807, 2.05) is 13.1 Å². The van der Waals surface area contributed by atoms with Gasteiger partial charge >= 0.3 is 0 Å². The summed E-state index contributed by atoms with van der Waals surface area (Å²) in [7, 11) is 1.90. The van der Waals surface area contributed by atoms with Crippen molar-refractivity contribution in [2.75, 3.05) is 5.32 Å². The van der Waals surface area contributed by atoms with Gasteiger partial charge in [-0.05, 0) is 30.2 Å². The van der Waals surface area contributed by atoms with Crippen LogP contribution in [0.1, 0.15) is 18.3 Å². The average molecular weight is 295 g/mol. The fourth-order valence-electron chi connectivity index (χ4n) is 1.68. The van der Waals surface area contributed by atoms with E-state index in [1.165, 1.54) is 5.56 Å². The monoisotopic (exact) mass is 294 g/mol. The van der Waals surface area contributed by atoms with Gasteiger partial charge in [0.05, 0.1) is 6.54 Å². The van der Waals surface area contributed by atoms with E-state index in [0.29, 0.717) is 6.54 Å². The van der Waals surface area contributed by atoms with E-state index >= 15 is 0 Å². The van der Waals surface area contributed by atoms with Crippen molar-refractivity contribution in [2.24, 2.45) is 7.05 Å². The van der Waals surface area contributed by atoms with Gasteiger partial charge in [-0.15, -0.1) is 0 Å². The van der Waals surface area contributed by atoms with Gasteiger partial charge in [-0.2, -0.15) is 5.10 Å². The van der Waals surface area contributed by atoms with E-state index in [0.717, 1.165) is 22.4 Å². The topological polar surface area (TPSA) is 42.7 Å². The minimum atomic E-state index is 0.686. The molecule has 0 spiro atoms. The molecule has 0 saturated carbocycles. The lowest BCUT2D eigenvalue weighted by molar-refractivity contribution is 0.712. The van der Waals surface area contributed by atoms with Gasteiger partial charge in [0, 0.05) is 17.2 Å². The second-order valence-corrected chi connectivity index (χ2v) is 4.72. The summed E-state index contributed by atoms with van der Waals surface area (Å²) < 4.78 is 2.89. The number of halogens is 1. The number of benzene rings is 1. The third-order valence-corrected chi connectivity index (χ3v) is 3.18. The summed E-state index contributed by atoms with van der Waals surface area (Å²) in [6.07, 6.45) is 2.57. The second-order valence-electron chi connectivity index (χ2n) is 3.81. The summed E-state index contributed by atoms with van der Waals surface area (Å²) in [5.74, 6) is 0.926. The highest BCUT2D eigenvalue weighted by Gasteiger charge is 2.04. The highest BCUT2D eigenvalue weighted by Crippen LogP contribution is 2.21. The summed E-state index contributed by atoms with van der Waals surface area (Å²) >= 11 is 3.48. The maximum Gasteiger partial charge on any atom is 0.145 e. The van der Waals surface area contributed by atoms with Crippen molar-refractivity contribution in [3.8, 4) is 0 Å². The predicted octanol–water partition coefficient (Wildman–Crippen LogP) is 2.75. The number of aromatic nitrogens is 3. The van der Waals surface area contributed by atoms with Crippen LogP contribution in [0.3, 0.4) is 0 Å². The van der Waals surface area contributed by atoms with Gasteiger partial charge in [-0.3, -0.25) is 4.68 Å². The van der Waals surface area contributed by atoms with Crippen LogP contribution in [0.4, 0.5) is 5.69 Å². The number of nitrogens with zero attached hydrogens (tertiary/aromatic N) is 3. The number of rotatable bonds is 4. The van der Waals surface area contributed by atoms with E-state index in [9.17, 15) is 0 Å². The minimum Gasteiger partial charge on any atom is -0.378 e. The molecule has 0 aliphatic heterocycles. The zero-order valence-electron chi connectivity index (χ0n) is 9.94. The zero-order chi connectivity index (χ0) is 12.3. The standard InChI is InChI=1S/C12H15BrN4/c1-3-9-6-10(13)4-5-11(9)14-7-12-15-8-16-17(12)2/h4-6,8,14H,3,7H2,1-2H3. The molecule has 0 fully saturated rings. The number of nitrogens with one attached hydrogen (secondary N) is 1. The summed E-state index contributed by atoms with van der Waals surface area (Å²) in [5.41, 5.74) is 2.44. The largest absolute Gasteiger partial charge is 0.378 e. The van der Waals surface area contributed by atoms with E-state index in [-0.39, 0.29) is 0 Å². The van der Waals surface area contributed by atoms with Crippen molar-refractivity contribution >= 4 is 21.6 Å². The first-order valence-corrected chi connectivity index (χ1v) is 6.35. The molecule has 2 rings (SSSR count). The Balaban J connectivity index is 2.11. The van der Waals surface area contributed by atoms with Crippen molar-refractivity contribution in [1.29, 1.82) is 0 Å². The molecule has 17 heavy (non-hydrogen) atoms. The Kier molecular flexibility index (Phi) is 3.78. The third-order valence-electron chi connectivity index (χ3n) is 2.69. The molecule has 1 heterocycles. The molecular weight excluding hydrogens is 280 g/mol. The van der Waals surface area contributed by atoms with Crippen LogP contribution in [-0.4, -0.2) is 14.8 Å². The highest BCUT2D eigenvalue weighted by atomic mass is 79.9. The average Bonchev–Trinajstić information content (AvgIpc) is 2.73. The van der Waals surface area contributed by atoms with Crippen LogP contribution in [-0.2, 0) is 20.0 Å². The molecule has 0 aliphatic rings. The molecule has 0 saturated heterocycles. The van der Waals surface area contributed by atoms with Gasteiger partial charge in [0.2, 0.25) is 0 Å². The maximum atomic E-state index is 4.18. The van der Waals surface area contributed by atoms with E-state index < -0.39 is 0 Å². The molecular formula is C12H15BrN4. The van der Waals surface area contributed by atoms with Gasteiger partial charge in [0.25, 0.3) is 0 Å². The van der Waals surface area contributed by atoms with Crippen LogP contribution in [0.5, 0.6) is 0 Å². The molecule has 0 bridgehead atoms. The Hall–Kier alpha value is -1.36. The summed E-state index contributed by atoms with van der Waals surface area (Å²) in [6, 6.07) is 6.26. The van der Waals surface area contributed by atoms with Gasteiger partial charge in [-0.25, -0.2) is 4.98 Å². The van der Waals surface area contributed by atoms with Crippen molar-refractivity contribution in [2.45, 2.75) is 19.9 Å². The van der Waals surface area contributed by atoms with Gasteiger partial charge < -0.3 is 5.32 Å². The first kappa shape index (κ1) is 12.1. The smallest absolute Gasteiger partial charge is 0.145 e. The number of hydrogen-bond donors (Lipinski definition) is 1. The fraction of sp³-hybridized carbons (Fsp3) is 0.333. The van der Waals surface area contributed by atoms with E-state index in [2.05, 4.69) is 50.4 Å². The van der Waals surface area contributed by atoms with Gasteiger partial charge in [0.1, 0.15) is 12.2 Å². The number of hydrogen-bond acceptors (Lipinski definition) is 3. The number of anilines is 1. The molecule has 5 heteroatoms. The zero-order valence-corrected chi connectivity index (χ0v) is 11.5. The molecule has 0 unspecified atom stereocenters. The quantitative estimate of drug-likeness (QED) is 0.943. The second kappa shape index (κ2) is 5.31. The fourth-order valence-corrected chi connectivity index (χ4v) is 2.09. The number of aryl methyl sites for hydroxylation is 2. The van der Waals surface area contributed by atoms with Crippen molar-refractivity contribution in [1.82, 2.24) is 14.8 Å².